The van der Waals surface area contributed by atoms with Crippen molar-refractivity contribution in [1.82, 2.24) is 10.2 Å². The number of aliphatic hydroxyl groups is 1. The number of benzene rings is 3. The molecule has 1 saturated heterocycles. The first-order chi connectivity index (χ1) is 22.4. The van der Waals surface area contributed by atoms with Gasteiger partial charge in [-0.2, -0.15) is 0 Å². The van der Waals surface area contributed by atoms with Crippen LogP contribution in [0.5, 0.6) is 0 Å². The molecular weight excluding hydrogens is 582 g/mol. The average molecular weight is 628 g/mol. The van der Waals surface area contributed by atoms with Crippen LogP contribution in [0, 0.1) is 0 Å². The molecule has 3 aromatic rings. The van der Waals surface area contributed by atoms with Gasteiger partial charge in [0.1, 0.15) is 6.04 Å². The Morgan fingerprint density at radius 1 is 0.978 bits per heavy atom. The molecule has 4 unspecified atom stereocenters. The monoisotopic (exact) mass is 627 g/mol. The maximum Gasteiger partial charge on any atom is 0.328 e. The first-order valence-corrected chi connectivity index (χ1v) is 16.1. The lowest BCUT2D eigenvalue weighted by atomic mass is 9.99. The fraction of sp³-hybridized carbons (Fsp3) is 0.405. The van der Waals surface area contributed by atoms with E-state index in [1.54, 1.807) is 12.1 Å². The maximum absolute atomic E-state index is 12.9. The second kappa shape index (κ2) is 16.5. The Bertz CT molecular complexity index is 1410. The topological polar surface area (TPSA) is 109 Å². The number of ether oxygens (including phenoxy) is 3. The fourth-order valence-corrected chi connectivity index (χ4v) is 6.34. The molecule has 3 N–H and O–H groups in total. The number of hydrogen-bond acceptors (Lipinski definition) is 7. The second-order valence-electron chi connectivity index (χ2n) is 12.0. The summed E-state index contributed by atoms with van der Waals surface area (Å²) in [6.45, 7) is 5.59. The Kier molecular flexibility index (Phi) is 12.0. The van der Waals surface area contributed by atoms with E-state index in [4.69, 9.17) is 14.2 Å². The summed E-state index contributed by atoms with van der Waals surface area (Å²) in [5.74, 6) is -0.518. The standard InChI is InChI=1S/C37H45N3O6/c1-3-21-40(31-11-7-8-12-31)24-32-23-34(28-15-13-27(25-41)14-16-28)46-36(45-32)29-17-19-30(20-18-29)38-37(43)39-33(35(42)44-2)22-26-9-5-4-6-10-26/h3-6,9-10,13-20,31-34,36,41H,1,7-8,11-12,21-25H2,2H3,(H2,38,39,43). The lowest BCUT2D eigenvalue weighted by Crippen LogP contribution is -2.45. The number of aliphatic hydroxyl groups excluding tert-OH is 1. The summed E-state index contributed by atoms with van der Waals surface area (Å²) in [5, 5.41) is 15.1. The molecule has 46 heavy (non-hydrogen) atoms. The van der Waals surface area contributed by atoms with E-state index in [1.165, 1.54) is 32.8 Å². The highest BCUT2D eigenvalue weighted by atomic mass is 16.7. The number of nitrogens with one attached hydrogen (secondary N) is 2. The summed E-state index contributed by atoms with van der Waals surface area (Å²) in [5.41, 5.74) is 4.20. The molecule has 2 fully saturated rings. The molecule has 5 rings (SSSR count). The van der Waals surface area contributed by atoms with Gasteiger partial charge in [0, 0.05) is 43.2 Å². The van der Waals surface area contributed by atoms with Crippen LogP contribution >= 0.6 is 0 Å². The van der Waals surface area contributed by atoms with Crippen molar-refractivity contribution in [1.29, 1.82) is 0 Å². The van der Waals surface area contributed by atoms with E-state index in [2.05, 4.69) is 22.1 Å². The SMILES string of the molecule is C=CCN(CC1CC(c2ccc(CO)cc2)OC(c2ccc(NC(=O)NC(Cc3ccccc3)C(=O)OC)cc2)O1)C1CCCC1. The van der Waals surface area contributed by atoms with Crippen LogP contribution in [0.4, 0.5) is 10.5 Å². The molecule has 0 bridgehead atoms. The molecule has 0 aromatic heterocycles. The highest BCUT2D eigenvalue weighted by Crippen LogP contribution is 2.39. The number of esters is 1. The number of hydrogen-bond donors (Lipinski definition) is 3. The fourth-order valence-electron chi connectivity index (χ4n) is 6.34. The van der Waals surface area contributed by atoms with Crippen LogP contribution < -0.4 is 10.6 Å². The Balaban J connectivity index is 1.27. The number of carbonyl (C=O) groups is 2. The Morgan fingerprint density at radius 3 is 2.33 bits per heavy atom. The third-order valence-corrected chi connectivity index (χ3v) is 8.77. The summed E-state index contributed by atoms with van der Waals surface area (Å²) in [4.78, 5) is 27.7. The van der Waals surface area contributed by atoms with Crippen molar-refractivity contribution in [2.24, 2.45) is 0 Å². The molecule has 9 heteroatoms. The summed E-state index contributed by atoms with van der Waals surface area (Å²) in [7, 11) is 1.30. The Hall–Kier alpha value is -4.02. The number of carbonyl (C=O) groups excluding carboxylic acids is 2. The molecule has 244 valence electrons. The highest BCUT2D eigenvalue weighted by Gasteiger charge is 2.34. The van der Waals surface area contributed by atoms with Crippen molar-refractivity contribution >= 4 is 17.7 Å². The van der Waals surface area contributed by atoms with Gasteiger partial charge in [0.05, 0.1) is 25.9 Å². The van der Waals surface area contributed by atoms with Crippen LogP contribution in [-0.2, 0) is 32.0 Å². The van der Waals surface area contributed by atoms with E-state index >= 15 is 0 Å². The van der Waals surface area contributed by atoms with Gasteiger partial charge in [0.25, 0.3) is 0 Å². The van der Waals surface area contributed by atoms with Gasteiger partial charge in [0.2, 0.25) is 0 Å². The van der Waals surface area contributed by atoms with E-state index in [0.29, 0.717) is 24.6 Å². The molecule has 4 atom stereocenters. The van der Waals surface area contributed by atoms with Crippen molar-refractivity contribution in [3.8, 4) is 0 Å². The number of nitrogens with zero attached hydrogens (tertiary/aromatic N) is 1. The molecular formula is C37H45N3O6. The Morgan fingerprint density at radius 2 is 1.67 bits per heavy atom. The summed E-state index contributed by atoms with van der Waals surface area (Å²) in [6.07, 6.45) is 7.03. The van der Waals surface area contributed by atoms with E-state index in [0.717, 1.165) is 35.3 Å². The van der Waals surface area contributed by atoms with Crippen molar-refractivity contribution in [2.45, 2.75) is 75.7 Å². The van der Waals surface area contributed by atoms with Gasteiger partial charge in [-0.25, -0.2) is 9.59 Å². The zero-order chi connectivity index (χ0) is 32.3. The minimum Gasteiger partial charge on any atom is -0.467 e. The molecule has 0 radical (unpaired) electrons. The molecule has 1 aliphatic heterocycles. The first-order valence-electron chi connectivity index (χ1n) is 16.1. The van der Waals surface area contributed by atoms with Gasteiger partial charge >= 0.3 is 12.0 Å². The zero-order valence-electron chi connectivity index (χ0n) is 26.5. The maximum atomic E-state index is 12.9. The van der Waals surface area contributed by atoms with Gasteiger partial charge in [-0.05, 0) is 41.7 Å². The highest BCUT2D eigenvalue weighted by molar-refractivity contribution is 5.92. The lowest BCUT2D eigenvalue weighted by Gasteiger charge is -2.39. The van der Waals surface area contributed by atoms with Gasteiger partial charge in [-0.1, -0.05) is 85.6 Å². The number of amides is 2. The smallest absolute Gasteiger partial charge is 0.328 e. The van der Waals surface area contributed by atoms with Crippen LogP contribution in [0.2, 0.25) is 0 Å². The quantitative estimate of drug-likeness (QED) is 0.156. The van der Waals surface area contributed by atoms with Gasteiger partial charge < -0.3 is 30.0 Å². The molecule has 2 amide bonds. The van der Waals surface area contributed by atoms with E-state index in [9.17, 15) is 14.7 Å². The molecule has 3 aromatic carbocycles. The van der Waals surface area contributed by atoms with Crippen molar-refractivity contribution in [3.63, 3.8) is 0 Å². The lowest BCUT2D eigenvalue weighted by molar-refractivity contribution is -0.253. The van der Waals surface area contributed by atoms with Gasteiger partial charge in [-0.3, -0.25) is 4.90 Å². The van der Waals surface area contributed by atoms with Crippen LogP contribution in [0.25, 0.3) is 0 Å². The average Bonchev–Trinajstić information content (AvgIpc) is 3.63. The summed E-state index contributed by atoms with van der Waals surface area (Å²) < 4.78 is 18.0. The number of anilines is 1. The molecule has 0 spiro atoms. The van der Waals surface area contributed by atoms with Crippen LogP contribution in [-0.4, -0.2) is 60.4 Å². The predicted molar refractivity (Wildman–Crippen MR) is 177 cm³/mol. The molecule has 1 aliphatic carbocycles. The largest absolute Gasteiger partial charge is 0.467 e. The zero-order valence-corrected chi connectivity index (χ0v) is 26.5. The molecule has 1 heterocycles. The van der Waals surface area contributed by atoms with Crippen LogP contribution in [0.15, 0.2) is 91.5 Å². The number of rotatable bonds is 13. The first kappa shape index (κ1) is 33.3. The van der Waals surface area contributed by atoms with Crippen molar-refractivity contribution in [3.05, 3.63) is 114 Å². The van der Waals surface area contributed by atoms with Crippen molar-refractivity contribution < 1.29 is 28.9 Å². The number of methoxy groups -OCH3 is 1. The second-order valence-corrected chi connectivity index (χ2v) is 12.0. The van der Waals surface area contributed by atoms with Crippen LogP contribution in [0.3, 0.4) is 0 Å². The van der Waals surface area contributed by atoms with E-state index in [1.807, 2.05) is 72.8 Å². The van der Waals surface area contributed by atoms with Crippen LogP contribution in [0.1, 0.15) is 66.8 Å². The van der Waals surface area contributed by atoms with Gasteiger partial charge in [0.15, 0.2) is 6.29 Å². The Labute approximate surface area is 271 Å². The molecule has 9 nitrogen and oxygen atoms in total. The minimum atomic E-state index is -0.832. The minimum absolute atomic E-state index is 0.00710. The van der Waals surface area contributed by atoms with E-state index < -0.39 is 24.3 Å². The third kappa shape index (κ3) is 9.04. The summed E-state index contributed by atoms with van der Waals surface area (Å²) in [6, 6.07) is 23.9. The number of urea groups is 1. The van der Waals surface area contributed by atoms with Gasteiger partial charge in [-0.15, -0.1) is 6.58 Å². The summed E-state index contributed by atoms with van der Waals surface area (Å²) >= 11 is 0. The van der Waals surface area contributed by atoms with Crippen molar-refractivity contribution in [2.75, 3.05) is 25.5 Å². The molecule has 2 aliphatic rings. The van der Waals surface area contributed by atoms with E-state index in [-0.39, 0.29) is 18.8 Å². The normalized spacial score (nSPS) is 20.6. The predicted octanol–water partition coefficient (Wildman–Crippen LogP) is 6.06. The third-order valence-electron chi connectivity index (χ3n) is 8.77. The molecule has 1 saturated carbocycles.